The summed E-state index contributed by atoms with van der Waals surface area (Å²) in [7, 11) is 0. The number of amides is 1. The fourth-order valence-electron chi connectivity index (χ4n) is 1.78. The summed E-state index contributed by atoms with van der Waals surface area (Å²) in [4.78, 5) is 16.2. The Bertz CT molecular complexity index is 649. The maximum atomic E-state index is 13.8. The lowest BCUT2D eigenvalue weighted by atomic mass is 10.2. The van der Waals surface area contributed by atoms with Gasteiger partial charge in [0.15, 0.2) is 5.82 Å². The third-order valence-electron chi connectivity index (χ3n) is 2.83. The number of carbonyl (C=O) groups excluding carboxylic acids is 1. The number of hydrogen-bond donors (Lipinski definition) is 2. The standard InChI is InChI=1S/C15H15ClFN3O/c1-2-7-19-12-6-8-18-9-10(12)15(21)20-13-5-3-4-11(16)14(13)17/h3-6,8-9H,2,7H2,1H3,(H,18,19)(H,20,21). The summed E-state index contributed by atoms with van der Waals surface area (Å²) in [6.07, 6.45) is 3.96. The molecule has 0 aliphatic heterocycles. The fourth-order valence-corrected chi connectivity index (χ4v) is 1.95. The Kier molecular flexibility index (Phi) is 5.11. The van der Waals surface area contributed by atoms with Crippen LogP contribution in [0.4, 0.5) is 15.8 Å². The molecule has 110 valence electrons. The molecule has 0 saturated carbocycles. The van der Waals surface area contributed by atoms with Crippen LogP contribution in [0.3, 0.4) is 0 Å². The summed E-state index contributed by atoms with van der Waals surface area (Å²) in [6.45, 7) is 2.76. The van der Waals surface area contributed by atoms with E-state index in [0.717, 1.165) is 13.0 Å². The van der Waals surface area contributed by atoms with E-state index >= 15 is 0 Å². The monoisotopic (exact) mass is 307 g/mol. The lowest BCUT2D eigenvalue weighted by Crippen LogP contribution is -2.16. The van der Waals surface area contributed by atoms with E-state index in [2.05, 4.69) is 15.6 Å². The maximum absolute atomic E-state index is 13.8. The van der Waals surface area contributed by atoms with Crippen LogP contribution in [-0.4, -0.2) is 17.4 Å². The van der Waals surface area contributed by atoms with Crippen LogP contribution < -0.4 is 10.6 Å². The number of aromatic nitrogens is 1. The average Bonchev–Trinajstić information content (AvgIpc) is 2.50. The molecule has 0 radical (unpaired) electrons. The molecule has 1 aromatic carbocycles. The zero-order valence-electron chi connectivity index (χ0n) is 11.5. The largest absolute Gasteiger partial charge is 0.384 e. The van der Waals surface area contributed by atoms with Gasteiger partial charge in [-0.25, -0.2) is 4.39 Å². The number of nitrogens with one attached hydrogen (secondary N) is 2. The fraction of sp³-hybridized carbons (Fsp3) is 0.200. The Morgan fingerprint density at radius 1 is 1.33 bits per heavy atom. The van der Waals surface area contributed by atoms with Gasteiger partial charge in [-0.1, -0.05) is 24.6 Å². The summed E-state index contributed by atoms with van der Waals surface area (Å²) in [5.41, 5.74) is 1.05. The summed E-state index contributed by atoms with van der Waals surface area (Å²) in [6, 6.07) is 6.15. The number of hydrogen-bond acceptors (Lipinski definition) is 3. The third-order valence-corrected chi connectivity index (χ3v) is 3.12. The second-order valence-electron chi connectivity index (χ2n) is 4.40. The lowest BCUT2D eigenvalue weighted by molar-refractivity contribution is 0.102. The molecule has 0 aliphatic rings. The van der Waals surface area contributed by atoms with Crippen molar-refractivity contribution in [3.8, 4) is 0 Å². The highest BCUT2D eigenvalue weighted by molar-refractivity contribution is 6.31. The molecule has 1 amide bonds. The summed E-state index contributed by atoms with van der Waals surface area (Å²) in [5.74, 6) is -1.10. The van der Waals surface area contributed by atoms with Crippen LogP contribution in [-0.2, 0) is 0 Å². The molecular formula is C15H15ClFN3O. The number of halogens is 2. The van der Waals surface area contributed by atoms with Crippen molar-refractivity contribution >= 4 is 28.9 Å². The molecule has 0 bridgehead atoms. The number of benzene rings is 1. The van der Waals surface area contributed by atoms with Crippen LogP contribution in [0.1, 0.15) is 23.7 Å². The van der Waals surface area contributed by atoms with Crippen molar-refractivity contribution in [3.05, 3.63) is 53.1 Å². The molecule has 2 N–H and O–H groups in total. The van der Waals surface area contributed by atoms with E-state index in [0.29, 0.717) is 11.3 Å². The highest BCUT2D eigenvalue weighted by Crippen LogP contribution is 2.23. The molecule has 0 saturated heterocycles. The van der Waals surface area contributed by atoms with E-state index in [-0.39, 0.29) is 10.7 Å². The highest BCUT2D eigenvalue weighted by Gasteiger charge is 2.14. The zero-order valence-corrected chi connectivity index (χ0v) is 12.2. The molecule has 1 aromatic heterocycles. The van der Waals surface area contributed by atoms with Crippen LogP contribution in [0, 0.1) is 5.82 Å². The Hall–Kier alpha value is -2.14. The van der Waals surface area contributed by atoms with Crippen LogP contribution in [0.5, 0.6) is 0 Å². The second kappa shape index (κ2) is 7.04. The normalized spacial score (nSPS) is 10.2. The first kappa shape index (κ1) is 15.3. The van der Waals surface area contributed by atoms with E-state index in [1.165, 1.54) is 18.3 Å². The molecule has 0 fully saturated rings. The van der Waals surface area contributed by atoms with Crippen molar-refractivity contribution < 1.29 is 9.18 Å². The predicted octanol–water partition coefficient (Wildman–Crippen LogP) is 3.95. The minimum absolute atomic E-state index is 0.0386. The molecule has 4 nitrogen and oxygen atoms in total. The minimum atomic E-state index is -0.653. The molecule has 0 aliphatic carbocycles. The molecular weight excluding hydrogens is 293 g/mol. The third kappa shape index (κ3) is 3.70. The Morgan fingerprint density at radius 2 is 2.14 bits per heavy atom. The van der Waals surface area contributed by atoms with Crippen LogP contribution >= 0.6 is 11.6 Å². The van der Waals surface area contributed by atoms with Gasteiger partial charge in [0.1, 0.15) is 0 Å². The molecule has 1 heterocycles. The molecule has 0 spiro atoms. The van der Waals surface area contributed by atoms with Gasteiger partial charge in [0.05, 0.1) is 22.0 Å². The lowest BCUT2D eigenvalue weighted by Gasteiger charge is -2.11. The van der Waals surface area contributed by atoms with Crippen LogP contribution in [0.2, 0.25) is 5.02 Å². The number of pyridine rings is 1. The van der Waals surface area contributed by atoms with Gasteiger partial charge < -0.3 is 10.6 Å². The van der Waals surface area contributed by atoms with Gasteiger partial charge in [-0.15, -0.1) is 0 Å². The van der Waals surface area contributed by atoms with Crippen molar-refractivity contribution in [2.45, 2.75) is 13.3 Å². The van der Waals surface area contributed by atoms with Crippen molar-refractivity contribution in [2.24, 2.45) is 0 Å². The maximum Gasteiger partial charge on any atom is 0.259 e. The molecule has 6 heteroatoms. The van der Waals surface area contributed by atoms with Gasteiger partial charge in [-0.05, 0) is 24.6 Å². The number of carbonyl (C=O) groups is 1. The summed E-state index contributed by atoms with van der Waals surface area (Å²) < 4.78 is 13.8. The van der Waals surface area contributed by atoms with Gasteiger partial charge in [-0.2, -0.15) is 0 Å². The van der Waals surface area contributed by atoms with Gasteiger partial charge in [0, 0.05) is 18.9 Å². The van der Waals surface area contributed by atoms with Crippen molar-refractivity contribution in [1.29, 1.82) is 0 Å². The molecule has 2 rings (SSSR count). The summed E-state index contributed by atoms with van der Waals surface area (Å²) in [5, 5.41) is 5.60. The quantitative estimate of drug-likeness (QED) is 0.879. The first-order valence-corrected chi connectivity index (χ1v) is 6.94. The minimum Gasteiger partial charge on any atom is -0.384 e. The molecule has 0 unspecified atom stereocenters. The van der Waals surface area contributed by atoms with Crippen molar-refractivity contribution in [2.75, 3.05) is 17.2 Å². The smallest absolute Gasteiger partial charge is 0.259 e. The predicted molar refractivity (Wildman–Crippen MR) is 82.4 cm³/mol. The van der Waals surface area contributed by atoms with Gasteiger partial charge in [0.25, 0.3) is 5.91 Å². The van der Waals surface area contributed by atoms with Crippen molar-refractivity contribution in [1.82, 2.24) is 4.98 Å². The molecule has 2 aromatic rings. The Labute approximate surface area is 127 Å². The highest BCUT2D eigenvalue weighted by atomic mass is 35.5. The van der Waals surface area contributed by atoms with E-state index in [9.17, 15) is 9.18 Å². The molecule has 21 heavy (non-hydrogen) atoms. The molecule has 0 atom stereocenters. The zero-order chi connectivity index (χ0) is 15.2. The number of rotatable bonds is 5. The first-order valence-electron chi connectivity index (χ1n) is 6.56. The number of anilines is 2. The van der Waals surface area contributed by atoms with Gasteiger partial charge >= 0.3 is 0 Å². The Morgan fingerprint density at radius 3 is 2.90 bits per heavy atom. The van der Waals surface area contributed by atoms with E-state index in [1.807, 2.05) is 6.92 Å². The second-order valence-corrected chi connectivity index (χ2v) is 4.81. The average molecular weight is 308 g/mol. The van der Waals surface area contributed by atoms with Gasteiger partial charge in [0.2, 0.25) is 0 Å². The SMILES string of the molecule is CCCNc1ccncc1C(=O)Nc1cccc(Cl)c1F. The van der Waals surface area contributed by atoms with Crippen LogP contribution in [0.15, 0.2) is 36.7 Å². The first-order chi connectivity index (χ1) is 10.1. The van der Waals surface area contributed by atoms with E-state index in [4.69, 9.17) is 11.6 Å². The van der Waals surface area contributed by atoms with Gasteiger partial charge in [-0.3, -0.25) is 9.78 Å². The number of nitrogens with zero attached hydrogens (tertiary/aromatic N) is 1. The summed E-state index contributed by atoms with van der Waals surface area (Å²) >= 11 is 5.69. The van der Waals surface area contributed by atoms with Crippen molar-refractivity contribution in [3.63, 3.8) is 0 Å². The van der Waals surface area contributed by atoms with E-state index < -0.39 is 11.7 Å². The van der Waals surface area contributed by atoms with E-state index in [1.54, 1.807) is 18.3 Å². The van der Waals surface area contributed by atoms with Crippen LogP contribution in [0.25, 0.3) is 0 Å². The topological polar surface area (TPSA) is 54.0 Å². The Balaban J connectivity index is 2.22.